The molecule has 21 heavy (non-hydrogen) atoms. The number of benzene rings is 2. The molecular weight excluding hydrogens is 310 g/mol. The van der Waals surface area contributed by atoms with Crippen LogP contribution in [0.25, 0.3) is 0 Å². The Bertz CT molecular complexity index is 658. The van der Waals surface area contributed by atoms with Gasteiger partial charge in [-0.3, -0.25) is 0 Å². The van der Waals surface area contributed by atoms with E-state index in [-0.39, 0.29) is 12.4 Å². The molecule has 0 saturated heterocycles. The van der Waals surface area contributed by atoms with E-state index >= 15 is 0 Å². The maximum Gasteiger partial charge on any atom is 0.419 e. The van der Waals surface area contributed by atoms with E-state index in [1.807, 2.05) is 0 Å². The van der Waals surface area contributed by atoms with Crippen molar-refractivity contribution in [3.05, 3.63) is 58.4 Å². The fourth-order valence-electron chi connectivity index (χ4n) is 1.65. The van der Waals surface area contributed by atoms with Crippen molar-refractivity contribution in [2.24, 2.45) is 0 Å². The number of rotatable bonds is 3. The minimum Gasteiger partial charge on any atom is -0.489 e. The van der Waals surface area contributed by atoms with Gasteiger partial charge in [0, 0.05) is 16.3 Å². The molecular formula is C14H10ClF4NO. The van der Waals surface area contributed by atoms with Crippen LogP contribution in [0.15, 0.2) is 36.4 Å². The fourth-order valence-corrected chi connectivity index (χ4v) is 1.90. The molecule has 0 spiro atoms. The van der Waals surface area contributed by atoms with Gasteiger partial charge in [-0.25, -0.2) is 4.39 Å². The van der Waals surface area contributed by atoms with Gasteiger partial charge in [0.05, 0.1) is 5.56 Å². The van der Waals surface area contributed by atoms with Gasteiger partial charge in [0.15, 0.2) is 0 Å². The molecule has 2 aromatic carbocycles. The topological polar surface area (TPSA) is 35.2 Å². The van der Waals surface area contributed by atoms with Crippen molar-refractivity contribution in [1.82, 2.24) is 0 Å². The van der Waals surface area contributed by atoms with Gasteiger partial charge in [0.25, 0.3) is 0 Å². The smallest absolute Gasteiger partial charge is 0.419 e. The van der Waals surface area contributed by atoms with Gasteiger partial charge in [-0.05, 0) is 30.3 Å². The lowest BCUT2D eigenvalue weighted by atomic mass is 10.2. The molecule has 7 heteroatoms. The maximum absolute atomic E-state index is 13.1. The zero-order valence-corrected chi connectivity index (χ0v) is 11.3. The minimum absolute atomic E-state index is 0.0535. The Hall–Kier alpha value is -1.95. The quantitative estimate of drug-likeness (QED) is 0.659. The molecule has 0 fully saturated rings. The molecule has 0 atom stereocenters. The van der Waals surface area contributed by atoms with Gasteiger partial charge < -0.3 is 10.5 Å². The van der Waals surface area contributed by atoms with Gasteiger partial charge in [-0.15, -0.1) is 0 Å². The average molecular weight is 320 g/mol. The third kappa shape index (κ3) is 3.78. The zero-order valence-electron chi connectivity index (χ0n) is 10.5. The first-order chi connectivity index (χ1) is 9.77. The molecule has 0 aliphatic carbocycles. The summed E-state index contributed by atoms with van der Waals surface area (Å²) in [4.78, 5) is 0. The largest absolute Gasteiger partial charge is 0.489 e. The molecule has 0 aliphatic heterocycles. The van der Waals surface area contributed by atoms with Crippen molar-refractivity contribution in [1.29, 1.82) is 0 Å². The molecule has 2 N–H and O–H groups in total. The van der Waals surface area contributed by atoms with Crippen LogP contribution in [0.2, 0.25) is 5.02 Å². The third-order valence-corrected chi connectivity index (χ3v) is 3.07. The SMILES string of the molecule is Nc1ccc(COc2ccc(F)c(C(F)(F)F)c2)c(Cl)c1. The van der Waals surface area contributed by atoms with Crippen LogP contribution in [0.5, 0.6) is 5.75 Å². The lowest BCUT2D eigenvalue weighted by molar-refractivity contribution is -0.140. The van der Waals surface area contributed by atoms with Gasteiger partial charge >= 0.3 is 6.18 Å². The number of alkyl halides is 3. The van der Waals surface area contributed by atoms with Crippen LogP contribution in [0, 0.1) is 5.82 Å². The molecule has 0 unspecified atom stereocenters. The molecule has 2 rings (SSSR count). The first-order valence-electron chi connectivity index (χ1n) is 5.81. The summed E-state index contributed by atoms with van der Waals surface area (Å²) in [5.74, 6) is -1.45. The first-order valence-corrected chi connectivity index (χ1v) is 6.18. The van der Waals surface area contributed by atoms with Crippen LogP contribution >= 0.6 is 11.6 Å². The highest BCUT2D eigenvalue weighted by molar-refractivity contribution is 6.31. The lowest BCUT2D eigenvalue weighted by Crippen LogP contribution is -2.08. The zero-order chi connectivity index (χ0) is 15.6. The number of hydrogen-bond acceptors (Lipinski definition) is 2. The average Bonchev–Trinajstić information content (AvgIpc) is 2.38. The van der Waals surface area contributed by atoms with E-state index in [1.54, 1.807) is 12.1 Å². The van der Waals surface area contributed by atoms with Crippen molar-refractivity contribution in [3.8, 4) is 5.75 Å². The Morgan fingerprint density at radius 2 is 1.81 bits per heavy atom. The summed E-state index contributed by atoms with van der Waals surface area (Å²) >= 11 is 5.92. The number of ether oxygens (including phenoxy) is 1. The number of anilines is 1. The number of hydrogen-bond donors (Lipinski definition) is 1. The van der Waals surface area contributed by atoms with Crippen molar-refractivity contribution in [3.63, 3.8) is 0 Å². The summed E-state index contributed by atoms with van der Waals surface area (Å²) in [6.07, 6.45) is -4.78. The Labute approximate surface area is 123 Å². The Kier molecular flexibility index (Phi) is 4.27. The van der Waals surface area contributed by atoms with Crippen LogP contribution in [-0.4, -0.2) is 0 Å². The van der Waals surface area contributed by atoms with Crippen LogP contribution in [0.4, 0.5) is 23.2 Å². The van der Waals surface area contributed by atoms with Crippen LogP contribution in [0.3, 0.4) is 0 Å². The summed E-state index contributed by atoms with van der Waals surface area (Å²) in [6, 6.07) is 7.15. The molecule has 0 bridgehead atoms. The van der Waals surface area contributed by atoms with E-state index in [2.05, 4.69) is 0 Å². The first kappa shape index (κ1) is 15.4. The lowest BCUT2D eigenvalue weighted by Gasteiger charge is -2.12. The van der Waals surface area contributed by atoms with Crippen LogP contribution in [0.1, 0.15) is 11.1 Å². The summed E-state index contributed by atoms with van der Waals surface area (Å²) in [5, 5.41) is 0.341. The molecule has 0 aromatic heterocycles. The summed E-state index contributed by atoms with van der Waals surface area (Å²) in [7, 11) is 0. The number of halogens is 5. The molecule has 0 radical (unpaired) electrons. The van der Waals surface area contributed by atoms with Gasteiger partial charge in [0.1, 0.15) is 18.2 Å². The van der Waals surface area contributed by atoms with Crippen LogP contribution < -0.4 is 10.5 Å². The van der Waals surface area contributed by atoms with Gasteiger partial charge in [-0.2, -0.15) is 13.2 Å². The minimum atomic E-state index is -4.78. The number of nitrogens with two attached hydrogens (primary N) is 1. The molecule has 0 aliphatic rings. The van der Waals surface area contributed by atoms with Gasteiger partial charge in [0.2, 0.25) is 0 Å². The van der Waals surface area contributed by atoms with Crippen molar-refractivity contribution in [2.45, 2.75) is 12.8 Å². The molecule has 0 saturated carbocycles. The second-order valence-corrected chi connectivity index (χ2v) is 4.69. The highest BCUT2D eigenvalue weighted by Crippen LogP contribution is 2.34. The molecule has 112 valence electrons. The van der Waals surface area contributed by atoms with Gasteiger partial charge in [-0.1, -0.05) is 17.7 Å². The fraction of sp³-hybridized carbons (Fsp3) is 0.143. The molecule has 0 amide bonds. The standard InChI is InChI=1S/C14H10ClF4NO/c15-12-5-9(20)2-1-8(12)7-21-10-3-4-13(16)11(6-10)14(17,18)19/h1-6H,7,20H2. The highest BCUT2D eigenvalue weighted by atomic mass is 35.5. The van der Waals surface area contributed by atoms with E-state index < -0.39 is 17.6 Å². The van der Waals surface area contributed by atoms with E-state index in [9.17, 15) is 17.6 Å². The second kappa shape index (κ2) is 5.81. The molecule has 2 nitrogen and oxygen atoms in total. The maximum atomic E-state index is 13.1. The third-order valence-electron chi connectivity index (χ3n) is 2.71. The summed E-state index contributed by atoms with van der Waals surface area (Å²) in [6.45, 7) is -0.0535. The van der Waals surface area contributed by atoms with Crippen molar-refractivity contribution in [2.75, 3.05) is 5.73 Å². The summed E-state index contributed by atoms with van der Waals surface area (Å²) in [5.41, 5.74) is 5.18. The molecule has 2 aromatic rings. The second-order valence-electron chi connectivity index (χ2n) is 4.28. The van der Waals surface area contributed by atoms with Crippen LogP contribution in [-0.2, 0) is 12.8 Å². The monoisotopic (exact) mass is 319 g/mol. The van der Waals surface area contributed by atoms with E-state index in [1.165, 1.54) is 6.07 Å². The van der Waals surface area contributed by atoms with E-state index in [0.29, 0.717) is 28.4 Å². The Morgan fingerprint density at radius 3 is 2.43 bits per heavy atom. The van der Waals surface area contributed by atoms with Crippen molar-refractivity contribution >= 4 is 17.3 Å². The predicted molar refractivity (Wildman–Crippen MR) is 71.6 cm³/mol. The predicted octanol–water partition coefficient (Wildman–Crippen LogP) is 4.66. The summed E-state index contributed by atoms with van der Waals surface area (Å²) < 4.78 is 56.0. The Morgan fingerprint density at radius 1 is 1.10 bits per heavy atom. The normalized spacial score (nSPS) is 11.5. The van der Waals surface area contributed by atoms with E-state index in [4.69, 9.17) is 22.1 Å². The Balaban J connectivity index is 2.17. The molecule has 0 heterocycles. The van der Waals surface area contributed by atoms with E-state index in [0.717, 1.165) is 6.07 Å². The number of nitrogen functional groups attached to an aromatic ring is 1. The highest BCUT2D eigenvalue weighted by Gasteiger charge is 2.34. The van der Waals surface area contributed by atoms with Crippen molar-refractivity contribution < 1.29 is 22.3 Å².